The molecule has 0 heterocycles. The molecule has 1 aromatic rings. The van der Waals surface area contributed by atoms with Gasteiger partial charge in [0.1, 0.15) is 0 Å². The van der Waals surface area contributed by atoms with Crippen molar-refractivity contribution >= 4 is 0 Å². The summed E-state index contributed by atoms with van der Waals surface area (Å²) in [6.07, 6.45) is 0. The summed E-state index contributed by atoms with van der Waals surface area (Å²) in [6, 6.07) is 6.34. The first-order valence-electron chi connectivity index (χ1n) is 2.88. The molecule has 0 aromatic heterocycles. The Morgan fingerprint density at radius 2 is 2.00 bits per heavy atom. The van der Waals surface area contributed by atoms with Gasteiger partial charge in [0.2, 0.25) is 0 Å². The van der Waals surface area contributed by atoms with E-state index in [2.05, 4.69) is 6.07 Å². The number of hydrogen-bond acceptors (Lipinski definition) is 1. The van der Waals surface area contributed by atoms with Gasteiger partial charge in [-0.25, -0.2) is 0 Å². The normalized spacial score (nSPS) is 8.60. The van der Waals surface area contributed by atoms with Crippen molar-refractivity contribution in [3.05, 3.63) is 29.3 Å². The zero-order chi connectivity index (χ0) is 6.85. The third-order valence-electron chi connectivity index (χ3n) is 1.49. The van der Waals surface area contributed by atoms with E-state index in [4.69, 9.17) is 5.11 Å². The number of rotatable bonds is 0. The zero-order valence-corrected chi connectivity index (χ0v) is 11.5. The number of phenols is 1. The summed E-state index contributed by atoms with van der Waals surface area (Å²) < 4.78 is 0. The molecule has 0 bridgehead atoms. The summed E-state index contributed by atoms with van der Waals surface area (Å²) in [5.74, 6) is 0.353. The molecule has 0 unspecified atom stereocenters. The summed E-state index contributed by atoms with van der Waals surface area (Å²) in [7, 11) is 0. The summed E-state index contributed by atoms with van der Waals surface area (Å²) in [4.78, 5) is 0. The van der Waals surface area contributed by atoms with Crippen molar-refractivity contribution in [3.8, 4) is 5.75 Å². The van der Waals surface area contributed by atoms with Crippen molar-refractivity contribution in [1.82, 2.24) is 0 Å². The van der Waals surface area contributed by atoms with E-state index < -0.39 is 0 Å². The van der Waals surface area contributed by atoms with E-state index in [1.165, 1.54) is 0 Å². The van der Waals surface area contributed by atoms with Gasteiger partial charge in [0, 0.05) is 5.75 Å². The van der Waals surface area contributed by atoms with Crippen LogP contribution in [0.15, 0.2) is 12.1 Å². The van der Waals surface area contributed by atoms with Gasteiger partial charge < -0.3 is 5.11 Å². The quantitative estimate of drug-likeness (QED) is 0.530. The van der Waals surface area contributed by atoms with Gasteiger partial charge in [-0.05, 0) is 0 Å². The van der Waals surface area contributed by atoms with Crippen LogP contribution in [0, 0.1) is 19.9 Å². The fourth-order valence-corrected chi connectivity index (χ4v) is 0.671. The van der Waals surface area contributed by atoms with Crippen molar-refractivity contribution in [2.45, 2.75) is 13.8 Å². The van der Waals surface area contributed by atoms with Crippen molar-refractivity contribution in [2.75, 3.05) is 0 Å². The topological polar surface area (TPSA) is 20.2 Å². The van der Waals surface area contributed by atoms with Crippen LogP contribution in [-0.4, -0.2) is 5.11 Å². The van der Waals surface area contributed by atoms with Crippen molar-refractivity contribution < 1.29 is 63.3 Å². The van der Waals surface area contributed by atoms with Crippen LogP contribution < -0.4 is 58.2 Å². The number of phenolic OH excluding ortho intramolecular Hbond substituents is 1. The molecule has 0 fully saturated rings. The Bertz CT molecular complexity index is 200. The van der Waals surface area contributed by atoms with Crippen LogP contribution in [0.1, 0.15) is 11.1 Å². The van der Waals surface area contributed by atoms with Crippen LogP contribution in [0.4, 0.5) is 0 Å². The van der Waals surface area contributed by atoms with Gasteiger partial charge in [-0.3, -0.25) is 0 Å². The van der Waals surface area contributed by atoms with Gasteiger partial charge in [0.05, 0.1) is 0 Å². The molecular formula is C8H9ORb. The van der Waals surface area contributed by atoms with E-state index in [0.29, 0.717) is 5.75 Å². The minimum absolute atomic E-state index is 0. The standard InChI is InChI=1S/C8H9O.Rb/c1-6-4-3-5-8(9)7(6)2;/h3,5,9H,1-2H3;/q-1;+1. The Morgan fingerprint density at radius 3 is 2.40 bits per heavy atom. The fourth-order valence-electron chi connectivity index (χ4n) is 0.671. The van der Waals surface area contributed by atoms with Crippen LogP contribution >= 0.6 is 0 Å². The Morgan fingerprint density at radius 1 is 1.40 bits per heavy atom. The number of benzene rings is 1. The average molecular weight is 207 g/mol. The van der Waals surface area contributed by atoms with Crippen LogP contribution in [0.5, 0.6) is 5.75 Å². The average Bonchev–Trinajstić information content (AvgIpc) is 1.83. The van der Waals surface area contributed by atoms with E-state index in [1.807, 2.05) is 13.8 Å². The smallest absolute Gasteiger partial charge is 0.533 e. The zero-order valence-electron chi connectivity index (χ0n) is 6.60. The molecule has 0 radical (unpaired) electrons. The molecule has 0 spiro atoms. The maximum atomic E-state index is 9.08. The molecule has 1 rings (SSSR count). The largest absolute Gasteiger partial charge is 1.00 e. The molecule has 0 atom stereocenters. The maximum Gasteiger partial charge on any atom is 1.00 e. The van der Waals surface area contributed by atoms with Crippen LogP contribution in [0.25, 0.3) is 0 Å². The van der Waals surface area contributed by atoms with E-state index in [0.717, 1.165) is 11.1 Å². The molecule has 0 saturated carbocycles. The van der Waals surface area contributed by atoms with Crippen LogP contribution in [0.2, 0.25) is 0 Å². The first-order chi connectivity index (χ1) is 4.22. The second kappa shape index (κ2) is 4.65. The second-order valence-electron chi connectivity index (χ2n) is 2.11. The van der Waals surface area contributed by atoms with Gasteiger partial charge in [-0.2, -0.15) is 17.7 Å². The van der Waals surface area contributed by atoms with Crippen molar-refractivity contribution in [3.63, 3.8) is 0 Å². The third kappa shape index (κ3) is 2.46. The monoisotopic (exact) mass is 206 g/mol. The van der Waals surface area contributed by atoms with Gasteiger partial charge >= 0.3 is 58.2 Å². The van der Waals surface area contributed by atoms with Gasteiger partial charge in [-0.1, -0.05) is 13.8 Å². The predicted octanol–water partition coefficient (Wildman–Crippen LogP) is -1.19. The summed E-state index contributed by atoms with van der Waals surface area (Å²) in [6.45, 7) is 3.80. The molecule has 48 valence electrons. The Hall–Kier alpha value is 0.825. The molecule has 0 aliphatic heterocycles. The first-order valence-corrected chi connectivity index (χ1v) is 2.88. The van der Waals surface area contributed by atoms with Crippen molar-refractivity contribution in [2.24, 2.45) is 0 Å². The molecule has 0 saturated heterocycles. The molecule has 10 heavy (non-hydrogen) atoms. The SMILES string of the molecule is Cc1[c-]ccc(O)c1C.[Rb+]. The van der Waals surface area contributed by atoms with Gasteiger partial charge in [0.25, 0.3) is 0 Å². The minimum atomic E-state index is 0. The third-order valence-corrected chi connectivity index (χ3v) is 1.49. The van der Waals surface area contributed by atoms with E-state index in [-0.39, 0.29) is 58.2 Å². The summed E-state index contributed by atoms with van der Waals surface area (Å²) in [5.41, 5.74) is 1.92. The van der Waals surface area contributed by atoms with E-state index in [1.54, 1.807) is 12.1 Å². The Balaban J connectivity index is 0.000000810. The van der Waals surface area contributed by atoms with Crippen molar-refractivity contribution in [1.29, 1.82) is 0 Å². The van der Waals surface area contributed by atoms with E-state index >= 15 is 0 Å². The minimum Gasteiger partial charge on any atom is -0.533 e. The number of aryl methyl sites for hydroxylation is 1. The molecule has 0 aliphatic rings. The number of aromatic hydroxyl groups is 1. The fraction of sp³-hybridized carbons (Fsp3) is 0.250. The number of hydrogen-bond donors (Lipinski definition) is 1. The Labute approximate surface area is 110 Å². The molecule has 1 N–H and O–H groups in total. The maximum absolute atomic E-state index is 9.08. The first kappa shape index (κ1) is 10.8. The van der Waals surface area contributed by atoms with E-state index in [9.17, 15) is 0 Å². The summed E-state index contributed by atoms with van der Waals surface area (Å²) in [5, 5.41) is 9.08. The second-order valence-corrected chi connectivity index (χ2v) is 2.11. The molecule has 0 aliphatic carbocycles. The molecule has 1 nitrogen and oxygen atoms in total. The van der Waals surface area contributed by atoms with Gasteiger partial charge in [0.15, 0.2) is 0 Å². The van der Waals surface area contributed by atoms with Crippen LogP contribution in [-0.2, 0) is 0 Å². The van der Waals surface area contributed by atoms with Gasteiger partial charge in [-0.15, -0.1) is 11.6 Å². The Kier molecular flexibility index (Phi) is 5.04. The molecule has 1 aromatic carbocycles. The summed E-state index contributed by atoms with van der Waals surface area (Å²) >= 11 is 0. The predicted molar refractivity (Wildman–Crippen MR) is 36.4 cm³/mol. The molecular weight excluding hydrogens is 198 g/mol. The van der Waals surface area contributed by atoms with Crippen LogP contribution in [0.3, 0.4) is 0 Å². The molecule has 2 heteroatoms. The molecule has 0 amide bonds.